The third-order valence-corrected chi connectivity index (χ3v) is 4.54. The fourth-order valence-corrected chi connectivity index (χ4v) is 3.35. The average molecular weight is 341 g/mol. The van der Waals surface area contributed by atoms with Gasteiger partial charge in [0.2, 0.25) is 0 Å². The smallest absolute Gasteiger partial charge is 0.0998 e. The first-order chi connectivity index (χ1) is 10.3. The first-order valence-corrected chi connectivity index (χ1v) is 8.11. The highest BCUT2D eigenvalue weighted by molar-refractivity contribution is 9.10. The van der Waals surface area contributed by atoms with Gasteiger partial charge in [-0.2, -0.15) is 5.26 Å². The van der Waals surface area contributed by atoms with E-state index in [4.69, 9.17) is 0 Å². The lowest BCUT2D eigenvalue weighted by Gasteiger charge is -2.10. The van der Waals surface area contributed by atoms with Gasteiger partial charge in [0.05, 0.1) is 11.6 Å². The van der Waals surface area contributed by atoms with E-state index in [-0.39, 0.29) is 0 Å². The Bertz CT molecular complexity index is 700. The molecule has 0 radical (unpaired) electrons. The van der Waals surface area contributed by atoms with Crippen LogP contribution >= 0.6 is 15.9 Å². The van der Waals surface area contributed by atoms with Gasteiger partial charge in [-0.25, -0.2) is 0 Å². The number of halogens is 1. The lowest BCUT2D eigenvalue weighted by Crippen LogP contribution is -2.00. The van der Waals surface area contributed by atoms with Crippen molar-refractivity contribution >= 4 is 27.6 Å². The van der Waals surface area contributed by atoms with Crippen molar-refractivity contribution in [1.82, 2.24) is 4.57 Å². The van der Waals surface area contributed by atoms with Crippen molar-refractivity contribution in [3.8, 4) is 6.07 Å². The van der Waals surface area contributed by atoms with Crippen molar-refractivity contribution in [2.75, 3.05) is 0 Å². The van der Waals surface area contributed by atoms with Crippen LogP contribution in [0.5, 0.6) is 0 Å². The van der Waals surface area contributed by atoms with Gasteiger partial charge >= 0.3 is 0 Å². The summed E-state index contributed by atoms with van der Waals surface area (Å²) in [6, 6.07) is 12.9. The Kier molecular flexibility index (Phi) is 4.26. The van der Waals surface area contributed by atoms with Crippen LogP contribution in [0, 0.1) is 11.3 Å². The van der Waals surface area contributed by atoms with Crippen LogP contribution in [0.2, 0.25) is 0 Å². The van der Waals surface area contributed by atoms with Crippen LogP contribution < -0.4 is 0 Å². The predicted octanol–water partition coefficient (Wildman–Crippen LogP) is 5.43. The molecule has 0 atom stereocenters. The Morgan fingerprint density at radius 2 is 2.10 bits per heavy atom. The minimum absolute atomic E-state index is 0.642. The normalized spacial score (nSPS) is 16.1. The lowest BCUT2D eigenvalue weighted by molar-refractivity contribution is 0.521. The van der Waals surface area contributed by atoms with Crippen LogP contribution in [0.1, 0.15) is 42.9 Å². The van der Waals surface area contributed by atoms with E-state index in [0.717, 1.165) is 15.6 Å². The minimum Gasteiger partial charge on any atom is -0.351 e. The van der Waals surface area contributed by atoms with Crippen molar-refractivity contribution in [3.05, 3.63) is 58.3 Å². The van der Waals surface area contributed by atoms with Gasteiger partial charge in [-0.05, 0) is 48.2 Å². The summed E-state index contributed by atoms with van der Waals surface area (Å²) >= 11 is 3.45. The molecule has 21 heavy (non-hydrogen) atoms. The first kappa shape index (κ1) is 14.2. The van der Waals surface area contributed by atoms with Crippen molar-refractivity contribution in [2.24, 2.45) is 0 Å². The number of nitriles is 1. The summed E-state index contributed by atoms with van der Waals surface area (Å²) in [5.74, 6) is 0. The second-order valence-electron chi connectivity index (χ2n) is 5.51. The molecule has 0 spiro atoms. The standard InChI is InChI=1S/C18H17BrN2/c19-17-5-3-4-15(11-17)16(12-20)10-14-8-9-21(13-14)18-6-1-2-7-18/h3-5,8-11,13,18H,1-2,6-7H2/b16-10+. The predicted molar refractivity (Wildman–Crippen MR) is 89.6 cm³/mol. The van der Waals surface area contributed by atoms with Crippen molar-refractivity contribution in [3.63, 3.8) is 0 Å². The summed E-state index contributed by atoms with van der Waals surface area (Å²) in [4.78, 5) is 0. The summed E-state index contributed by atoms with van der Waals surface area (Å²) in [5, 5.41) is 9.41. The van der Waals surface area contributed by atoms with E-state index in [1.807, 2.05) is 30.3 Å². The molecule has 3 heteroatoms. The van der Waals surface area contributed by atoms with E-state index in [2.05, 4.69) is 45.0 Å². The monoisotopic (exact) mass is 340 g/mol. The zero-order valence-corrected chi connectivity index (χ0v) is 13.4. The third-order valence-electron chi connectivity index (χ3n) is 4.05. The molecule has 0 unspecified atom stereocenters. The Hall–Kier alpha value is -1.79. The number of hydrogen-bond acceptors (Lipinski definition) is 1. The molecule has 0 saturated heterocycles. The lowest BCUT2D eigenvalue weighted by atomic mass is 10.1. The summed E-state index contributed by atoms with van der Waals surface area (Å²) < 4.78 is 3.29. The molecule has 2 nitrogen and oxygen atoms in total. The molecule has 0 amide bonds. The number of rotatable bonds is 3. The number of allylic oxidation sites excluding steroid dienone is 1. The first-order valence-electron chi connectivity index (χ1n) is 7.31. The van der Waals surface area contributed by atoms with E-state index in [1.54, 1.807) is 0 Å². The van der Waals surface area contributed by atoms with E-state index in [0.29, 0.717) is 11.6 Å². The molecule has 2 aromatic rings. The van der Waals surface area contributed by atoms with Gasteiger partial charge in [-0.3, -0.25) is 0 Å². The summed E-state index contributed by atoms with van der Waals surface area (Å²) in [7, 11) is 0. The fourth-order valence-electron chi connectivity index (χ4n) is 2.95. The second kappa shape index (κ2) is 6.32. The third kappa shape index (κ3) is 3.28. The van der Waals surface area contributed by atoms with Crippen molar-refractivity contribution in [1.29, 1.82) is 5.26 Å². The molecule has 1 aromatic carbocycles. The molecule has 1 aromatic heterocycles. The van der Waals surface area contributed by atoms with Gasteiger partial charge in [-0.1, -0.05) is 40.9 Å². The number of benzene rings is 1. The summed E-state index contributed by atoms with van der Waals surface area (Å²) in [5.41, 5.74) is 2.74. The van der Waals surface area contributed by atoms with Gasteiger partial charge in [0.15, 0.2) is 0 Å². The fraction of sp³-hybridized carbons (Fsp3) is 0.278. The molecule has 106 valence electrons. The van der Waals surface area contributed by atoms with Gasteiger partial charge in [0.1, 0.15) is 0 Å². The highest BCUT2D eigenvalue weighted by Gasteiger charge is 2.16. The van der Waals surface area contributed by atoms with Crippen LogP contribution in [0.3, 0.4) is 0 Å². The SMILES string of the molecule is N#C/C(=C\c1ccn(C2CCCC2)c1)c1cccc(Br)c1. The molecule has 1 heterocycles. The highest BCUT2D eigenvalue weighted by Crippen LogP contribution is 2.30. The maximum Gasteiger partial charge on any atom is 0.0998 e. The van der Waals surface area contributed by atoms with Crippen LogP contribution in [0.15, 0.2) is 47.2 Å². The van der Waals surface area contributed by atoms with Crippen LogP contribution in [-0.4, -0.2) is 4.57 Å². The Labute approximate surface area is 133 Å². The van der Waals surface area contributed by atoms with Gasteiger partial charge in [-0.15, -0.1) is 0 Å². The average Bonchev–Trinajstić information content (AvgIpc) is 3.15. The Morgan fingerprint density at radius 3 is 2.81 bits per heavy atom. The molecule has 1 aliphatic rings. The van der Waals surface area contributed by atoms with Crippen LogP contribution in [0.4, 0.5) is 0 Å². The maximum absolute atomic E-state index is 9.41. The van der Waals surface area contributed by atoms with Gasteiger partial charge < -0.3 is 4.57 Å². The van der Waals surface area contributed by atoms with Gasteiger partial charge in [0.25, 0.3) is 0 Å². The van der Waals surface area contributed by atoms with E-state index >= 15 is 0 Å². The molecule has 3 rings (SSSR count). The highest BCUT2D eigenvalue weighted by atomic mass is 79.9. The molecule has 1 aliphatic carbocycles. The second-order valence-corrected chi connectivity index (χ2v) is 6.43. The van der Waals surface area contributed by atoms with Crippen molar-refractivity contribution < 1.29 is 0 Å². The Balaban J connectivity index is 1.87. The topological polar surface area (TPSA) is 28.7 Å². The Morgan fingerprint density at radius 1 is 1.29 bits per heavy atom. The molecular weight excluding hydrogens is 324 g/mol. The van der Waals surface area contributed by atoms with Crippen LogP contribution in [0.25, 0.3) is 11.6 Å². The minimum atomic E-state index is 0.642. The molecule has 1 saturated carbocycles. The summed E-state index contributed by atoms with van der Waals surface area (Å²) in [6.45, 7) is 0. The van der Waals surface area contributed by atoms with Gasteiger partial charge in [0, 0.05) is 22.9 Å². The zero-order chi connectivity index (χ0) is 14.7. The maximum atomic E-state index is 9.41. The van der Waals surface area contributed by atoms with E-state index in [1.165, 1.54) is 25.7 Å². The van der Waals surface area contributed by atoms with E-state index < -0.39 is 0 Å². The number of hydrogen-bond donors (Lipinski definition) is 0. The number of nitrogens with zero attached hydrogens (tertiary/aromatic N) is 2. The molecular formula is C18H17BrN2. The van der Waals surface area contributed by atoms with E-state index in [9.17, 15) is 5.26 Å². The molecule has 1 fully saturated rings. The summed E-state index contributed by atoms with van der Waals surface area (Å²) in [6.07, 6.45) is 11.5. The van der Waals surface area contributed by atoms with Crippen molar-refractivity contribution in [2.45, 2.75) is 31.7 Å². The molecule has 0 N–H and O–H groups in total. The van der Waals surface area contributed by atoms with Crippen LogP contribution in [-0.2, 0) is 0 Å². The molecule has 0 aliphatic heterocycles. The molecule has 0 bridgehead atoms. The largest absolute Gasteiger partial charge is 0.351 e. The zero-order valence-electron chi connectivity index (χ0n) is 11.8. The quantitative estimate of drug-likeness (QED) is 0.684. The number of aromatic nitrogens is 1.